The van der Waals surface area contributed by atoms with Crippen LogP contribution in [0.15, 0.2) is 71.5 Å². The van der Waals surface area contributed by atoms with Gasteiger partial charge in [-0.2, -0.15) is 16.8 Å². The fourth-order valence-corrected chi connectivity index (χ4v) is 2.51. The van der Waals surface area contributed by atoms with Gasteiger partial charge in [0.05, 0.1) is 9.79 Å². The molecule has 0 radical (unpaired) electrons. The Morgan fingerprint density at radius 3 is 1.04 bits per heavy atom. The Balaban J connectivity index is 0.000000240. The molecule has 0 aliphatic heterocycles. The zero-order chi connectivity index (χ0) is 18.4. The van der Waals surface area contributed by atoms with E-state index in [1.165, 1.54) is 24.3 Å². The highest BCUT2D eigenvalue weighted by Crippen LogP contribution is 2.11. The Morgan fingerprint density at radius 2 is 0.875 bits per heavy atom. The van der Waals surface area contributed by atoms with Crippen LogP contribution >= 0.6 is 0 Å². The van der Waals surface area contributed by atoms with Crippen molar-refractivity contribution in [2.24, 2.45) is 0 Å². The molecule has 6 nitrogen and oxygen atoms in total. The SMILES string of the molecule is C=Cc1ccc(S(=O)(=O)O)cc1.C=Cc1ccc(S(=O)(=O)O)cc1. The largest absolute Gasteiger partial charge is 0.294 e. The summed E-state index contributed by atoms with van der Waals surface area (Å²) < 4.78 is 59.4. The van der Waals surface area contributed by atoms with Crippen molar-refractivity contribution in [3.8, 4) is 0 Å². The van der Waals surface area contributed by atoms with Crippen LogP contribution in [0, 0.1) is 0 Å². The molecule has 0 saturated heterocycles. The fourth-order valence-electron chi connectivity index (χ4n) is 1.55. The Hall–Kier alpha value is -2.26. The second-order valence-corrected chi connectivity index (χ2v) is 7.34. The third-order valence-corrected chi connectivity index (χ3v) is 4.56. The van der Waals surface area contributed by atoms with Crippen LogP contribution in [0.4, 0.5) is 0 Å². The monoisotopic (exact) mass is 368 g/mol. The van der Waals surface area contributed by atoms with Gasteiger partial charge in [-0.25, -0.2) is 0 Å². The molecule has 0 aromatic heterocycles. The normalized spacial score (nSPS) is 11.1. The average molecular weight is 368 g/mol. The molecule has 0 saturated carbocycles. The summed E-state index contributed by atoms with van der Waals surface area (Å²) in [4.78, 5) is -0.207. The van der Waals surface area contributed by atoms with E-state index >= 15 is 0 Å². The molecule has 128 valence electrons. The lowest BCUT2D eigenvalue weighted by Gasteiger charge is -1.96. The second kappa shape index (κ2) is 8.02. The Bertz CT molecular complexity index is 830. The first kappa shape index (κ1) is 19.8. The lowest BCUT2D eigenvalue weighted by atomic mass is 10.2. The summed E-state index contributed by atoms with van der Waals surface area (Å²) in [6.45, 7) is 7.02. The van der Waals surface area contributed by atoms with E-state index in [0.29, 0.717) is 0 Å². The first-order chi connectivity index (χ1) is 11.1. The molecule has 8 heteroatoms. The summed E-state index contributed by atoms with van der Waals surface area (Å²) in [7, 11) is -8.12. The van der Waals surface area contributed by atoms with Crippen LogP contribution in [-0.4, -0.2) is 25.9 Å². The molecular formula is C16H16O6S2. The van der Waals surface area contributed by atoms with Gasteiger partial charge in [-0.05, 0) is 35.4 Å². The minimum Gasteiger partial charge on any atom is -0.282 e. The summed E-state index contributed by atoms with van der Waals surface area (Å²) in [5.74, 6) is 0. The van der Waals surface area contributed by atoms with Crippen LogP contribution in [-0.2, 0) is 20.2 Å². The van der Waals surface area contributed by atoms with Crippen LogP contribution in [0.25, 0.3) is 12.2 Å². The van der Waals surface area contributed by atoms with Gasteiger partial charge in [0.15, 0.2) is 0 Å². The van der Waals surface area contributed by atoms with E-state index < -0.39 is 20.2 Å². The number of rotatable bonds is 4. The van der Waals surface area contributed by atoms with Crippen molar-refractivity contribution < 1.29 is 25.9 Å². The van der Waals surface area contributed by atoms with Crippen molar-refractivity contribution in [2.45, 2.75) is 9.79 Å². The zero-order valence-corrected chi connectivity index (χ0v) is 14.2. The highest BCUT2D eigenvalue weighted by molar-refractivity contribution is 7.86. The quantitative estimate of drug-likeness (QED) is 0.803. The average Bonchev–Trinajstić information content (AvgIpc) is 2.54. The van der Waals surface area contributed by atoms with Crippen molar-refractivity contribution in [1.29, 1.82) is 0 Å². The van der Waals surface area contributed by atoms with Crippen LogP contribution < -0.4 is 0 Å². The molecule has 0 aliphatic rings. The molecule has 0 bridgehead atoms. The molecule has 2 aromatic rings. The molecule has 0 unspecified atom stereocenters. The van der Waals surface area contributed by atoms with Crippen LogP contribution in [0.2, 0.25) is 0 Å². The van der Waals surface area contributed by atoms with Crippen LogP contribution in [0.1, 0.15) is 11.1 Å². The van der Waals surface area contributed by atoms with Gasteiger partial charge in [0, 0.05) is 0 Å². The maximum absolute atomic E-state index is 10.6. The van der Waals surface area contributed by atoms with E-state index in [1.807, 2.05) is 0 Å². The molecule has 2 rings (SSSR count). The maximum atomic E-state index is 10.6. The third-order valence-electron chi connectivity index (χ3n) is 2.83. The standard InChI is InChI=1S/2C8H8O3S/c2*1-2-7-3-5-8(6-4-7)12(9,10)11/h2*2-6H,1H2,(H,9,10,11). The van der Waals surface area contributed by atoms with Crippen molar-refractivity contribution >= 4 is 32.4 Å². The van der Waals surface area contributed by atoms with E-state index in [0.717, 1.165) is 11.1 Å². The summed E-state index contributed by atoms with van der Waals surface area (Å²) in [6, 6.07) is 11.6. The predicted molar refractivity (Wildman–Crippen MR) is 92.7 cm³/mol. The first-order valence-corrected chi connectivity index (χ1v) is 9.36. The van der Waals surface area contributed by atoms with E-state index in [2.05, 4.69) is 13.2 Å². The fraction of sp³-hybridized carbons (Fsp3) is 0. The van der Waals surface area contributed by atoms with Gasteiger partial charge >= 0.3 is 0 Å². The molecule has 0 heterocycles. The van der Waals surface area contributed by atoms with Crippen molar-refractivity contribution in [3.05, 3.63) is 72.8 Å². The maximum Gasteiger partial charge on any atom is 0.294 e. The summed E-state index contributed by atoms with van der Waals surface area (Å²) in [5, 5.41) is 0. The highest BCUT2D eigenvalue weighted by atomic mass is 32.2. The van der Waals surface area contributed by atoms with Crippen LogP contribution in [0.3, 0.4) is 0 Å². The molecule has 2 N–H and O–H groups in total. The summed E-state index contributed by atoms with van der Waals surface area (Å²) >= 11 is 0. The first-order valence-electron chi connectivity index (χ1n) is 6.48. The highest BCUT2D eigenvalue weighted by Gasteiger charge is 2.07. The molecular weight excluding hydrogens is 352 g/mol. The molecule has 0 atom stereocenters. The molecule has 2 aromatic carbocycles. The lowest BCUT2D eigenvalue weighted by molar-refractivity contribution is 0.481. The van der Waals surface area contributed by atoms with Gasteiger partial charge in [-0.15, -0.1) is 0 Å². The number of hydrogen-bond donors (Lipinski definition) is 2. The molecule has 0 fully saturated rings. The third kappa shape index (κ3) is 6.09. The second-order valence-electron chi connectivity index (χ2n) is 4.50. The topological polar surface area (TPSA) is 109 Å². The number of hydrogen-bond acceptors (Lipinski definition) is 4. The summed E-state index contributed by atoms with van der Waals surface area (Å²) in [6.07, 6.45) is 3.18. The van der Waals surface area contributed by atoms with Gasteiger partial charge in [-0.3, -0.25) is 9.11 Å². The van der Waals surface area contributed by atoms with Crippen molar-refractivity contribution in [1.82, 2.24) is 0 Å². The van der Waals surface area contributed by atoms with Crippen LogP contribution in [0.5, 0.6) is 0 Å². The van der Waals surface area contributed by atoms with Gasteiger partial charge in [0.25, 0.3) is 20.2 Å². The minimum absolute atomic E-state index is 0.104. The summed E-state index contributed by atoms with van der Waals surface area (Å²) in [5.41, 5.74) is 1.62. The van der Waals surface area contributed by atoms with E-state index in [9.17, 15) is 16.8 Å². The zero-order valence-electron chi connectivity index (χ0n) is 12.5. The van der Waals surface area contributed by atoms with Gasteiger partial charge in [-0.1, -0.05) is 49.6 Å². The smallest absolute Gasteiger partial charge is 0.282 e. The van der Waals surface area contributed by atoms with Gasteiger partial charge in [0.1, 0.15) is 0 Å². The number of benzene rings is 2. The minimum atomic E-state index is -4.06. The molecule has 0 amide bonds. The Morgan fingerprint density at radius 1 is 0.625 bits per heavy atom. The Kier molecular flexibility index (Phi) is 6.61. The molecule has 24 heavy (non-hydrogen) atoms. The predicted octanol–water partition coefficient (Wildman–Crippen LogP) is 3.15. The Labute approximate surface area is 141 Å². The lowest BCUT2D eigenvalue weighted by Crippen LogP contribution is -1.96. The molecule has 0 aliphatic carbocycles. The van der Waals surface area contributed by atoms with E-state index in [-0.39, 0.29) is 9.79 Å². The van der Waals surface area contributed by atoms with Gasteiger partial charge < -0.3 is 0 Å². The van der Waals surface area contributed by atoms with E-state index in [1.54, 1.807) is 36.4 Å². The van der Waals surface area contributed by atoms with Crippen molar-refractivity contribution in [2.75, 3.05) is 0 Å². The van der Waals surface area contributed by atoms with E-state index in [4.69, 9.17) is 9.11 Å². The van der Waals surface area contributed by atoms with Crippen molar-refractivity contribution in [3.63, 3.8) is 0 Å². The van der Waals surface area contributed by atoms with Gasteiger partial charge in [0.2, 0.25) is 0 Å². The molecule has 0 spiro atoms.